The SMILES string of the molecule is COc1cc(C(=O)NC2[C@@H]3CC4C[C@H]2CC(O)(C4)C3)ccc1Cc1cn(-c2ccccc2)c2ncccc2c1=O. The van der Waals surface area contributed by atoms with Gasteiger partial charge in [-0.3, -0.25) is 9.59 Å². The lowest BCUT2D eigenvalue weighted by Crippen LogP contribution is -2.61. The maximum absolute atomic E-state index is 13.5. The van der Waals surface area contributed by atoms with Gasteiger partial charge in [-0.1, -0.05) is 24.3 Å². The number of hydrogen-bond donors (Lipinski definition) is 2. The average molecular weight is 536 g/mol. The summed E-state index contributed by atoms with van der Waals surface area (Å²) >= 11 is 0. The molecule has 4 saturated carbocycles. The van der Waals surface area contributed by atoms with Crippen molar-refractivity contribution in [1.82, 2.24) is 14.9 Å². The molecule has 4 aliphatic carbocycles. The number of pyridine rings is 2. The van der Waals surface area contributed by atoms with E-state index in [1.165, 1.54) is 0 Å². The van der Waals surface area contributed by atoms with Crippen LogP contribution in [-0.4, -0.2) is 39.3 Å². The minimum atomic E-state index is -0.527. The Morgan fingerprint density at radius 3 is 2.55 bits per heavy atom. The van der Waals surface area contributed by atoms with Crippen LogP contribution in [0, 0.1) is 17.8 Å². The molecule has 2 N–H and O–H groups in total. The molecule has 40 heavy (non-hydrogen) atoms. The molecule has 4 fully saturated rings. The number of carbonyl (C=O) groups excluding carboxylic acids is 1. The summed E-state index contributed by atoms with van der Waals surface area (Å²) in [6.07, 6.45) is 8.58. The predicted molar refractivity (Wildman–Crippen MR) is 153 cm³/mol. The molecule has 2 aromatic heterocycles. The fourth-order valence-corrected chi connectivity index (χ4v) is 7.81. The van der Waals surface area contributed by atoms with Gasteiger partial charge < -0.3 is 19.7 Å². The quantitative estimate of drug-likeness (QED) is 0.375. The lowest BCUT2D eigenvalue weighted by Gasteiger charge is -2.58. The molecular formula is C33H33N3O4. The molecule has 4 aromatic rings. The highest BCUT2D eigenvalue weighted by molar-refractivity contribution is 5.95. The summed E-state index contributed by atoms with van der Waals surface area (Å²) in [4.78, 5) is 31.3. The van der Waals surface area contributed by atoms with Gasteiger partial charge in [0.25, 0.3) is 5.91 Å². The topological polar surface area (TPSA) is 93.4 Å². The molecule has 5 atom stereocenters. The fraction of sp³-hybridized carbons (Fsp3) is 0.364. The van der Waals surface area contributed by atoms with Gasteiger partial charge in [0.15, 0.2) is 5.43 Å². The molecule has 204 valence electrons. The third-order valence-electron chi connectivity index (χ3n) is 9.34. The van der Waals surface area contributed by atoms with Crippen molar-refractivity contribution in [2.45, 2.75) is 50.2 Å². The number of amides is 1. The van der Waals surface area contributed by atoms with Crippen molar-refractivity contribution in [3.63, 3.8) is 0 Å². The Labute approximate surface area is 232 Å². The number of aliphatic hydroxyl groups is 1. The van der Waals surface area contributed by atoms with Gasteiger partial charge >= 0.3 is 0 Å². The number of fused-ring (bicyclic) bond motifs is 1. The van der Waals surface area contributed by atoms with Gasteiger partial charge in [0.2, 0.25) is 0 Å². The van der Waals surface area contributed by atoms with E-state index in [1.807, 2.05) is 53.2 Å². The number of aromatic nitrogens is 2. The van der Waals surface area contributed by atoms with Crippen molar-refractivity contribution in [2.75, 3.05) is 7.11 Å². The zero-order chi connectivity index (χ0) is 27.4. The fourth-order valence-electron chi connectivity index (χ4n) is 7.81. The number of nitrogens with zero attached hydrogens (tertiary/aromatic N) is 2. The van der Waals surface area contributed by atoms with E-state index in [0.717, 1.165) is 43.4 Å². The molecule has 4 bridgehead atoms. The second-order valence-corrected chi connectivity index (χ2v) is 12.0. The number of rotatable bonds is 6. The monoisotopic (exact) mass is 535 g/mol. The Morgan fingerprint density at radius 2 is 1.82 bits per heavy atom. The van der Waals surface area contributed by atoms with E-state index in [4.69, 9.17) is 4.74 Å². The highest BCUT2D eigenvalue weighted by atomic mass is 16.5. The minimum Gasteiger partial charge on any atom is -0.496 e. The third-order valence-corrected chi connectivity index (χ3v) is 9.34. The van der Waals surface area contributed by atoms with E-state index in [1.54, 1.807) is 31.5 Å². The standard InChI is InChI=1S/C33H33N3O4/c1-40-28-15-22(32(38)35-29-23-12-20-13-24(29)18-33(39,16-20)17-23)10-9-21(28)14-25-19-36(26-6-3-2-4-7-26)31-27(30(25)37)8-5-11-34-31/h2-11,15,19-20,23-24,29,39H,12-14,16-18H2,1H3,(H,35,38)/t20?,23-,24+,29?,33?. The third kappa shape index (κ3) is 4.29. The largest absolute Gasteiger partial charge is 0.496 e. The first-order valence-electron chi connectivity index (χ1n) is 14.2. The maximum Gasteiger partial charge on any atom is 0.251 e. The Balaban J connectivity index is 1.17. The van der Waals surface area contributed by atoms with Gasteiger partial charge in [-0.15, -0.1) is 0 Å². The van der Waals surface area contributed by atoms with Crippen LogP contribution in [0.15, 0.2) is 77.9 Å². The van der Waals surface area contributed by atoms with E-state index in [0.29, 0.717) is 52.1 Å². The summed E-state index contributed by atoms with van der Waals surface area (Å²) < 4.78 is 7.66. The number of ether oxygens (including phenoxy) is 1. The molecule has 0 saturated heterocycles. The molecule has 0 spiro atoms. The van der Waals surface area contributed by atoms with Crippen molar-refractivity contribution in [2.24, 2.45) is 17.8 Å². The highest BCUT2D eigenvalue weighted by Gasteiger charge is 2.55. The molecule has 7 nitrogen and oxygen atoms in total. The average Bonchev–Trinajstić information content (AvgIpc) is 2.96. The Morgan fingerprint density at radius 1 is 1.05 bits per heavy atom. The van der Waals surface area contributed by atoms with Crippen molar-refractivity contribution in [1.29, 1.82) is 0 Å². The second kappa shape index (κ2) is 9.59. The molecule has 2 heterocycles. The van der Waals surface area contributed by atoms with Crippen molar-refractivity contribution < 1.29 is 14.6 Å². The van der Waals surface area contributed by atoms with Gasteiger partial charge in [-0.25, -0.2) is 4.98 Å². The molecule has 3 unspecified atom stereocenters. The van der Waals surface area contributed by atoms with Crippen LogP contribution in [0.5, 0.6) is 5.75 Å². The normalized spacial score (nSPS) is 26.6. The van der Waals surface area contributed by atoms with Crippen LogP contribution in [0.3, 0.4) is 0 Å². The molecule has 4 aliphatic rings. The summed E-state index contributed by atoms with van der Waals surface area (Å²) in [6.45, 7) is 0. The molecular weight excluding hydrogens is 502 g/mol. The van der Waals surface area contributed by atoms with Gasteiger partial charge in [0.05, 0.1) is 18.1 Å². The molecule has 2 aromatic carbocycles. The van der Waals surface area contributed by atoms with Gasteiger partial charge in [0.1, 0.15) is 11.4 Å². The Kier molecular flexibility index (Phi) is 6.00. The van der Waals surface area contributed by atoms with Gasteiger partial charge in [-0.05, 0) is 91.8 Å². The van der Waals surface area contributed by atoms with Crippen LogP contribution in [0.25, 0.3) is 16.7 Å². The zero-order valence-electron chi connectivity index (χ0n) is 22.5. The molecule has 1 amide bonds. The number of methoxy groups -OCH3 is 1. The lowest BCUT2D eigenvalue weighted by molar-refractivity contribution is -0.136. The maximum atomic E-state index is 13.5. The van der Waals surface area contributed by atoms with E-state index in [2.05, 4.69) is 10.3 Å². The number of carbonyl (C=O) groups is 1. The van der Waals surface area contributed by atoms with Crippen LogP contribution in [0.4, 0.5) is 0 Å². The highest BCUT2D eigenvalue weighted by Crippen LogP contribution is 2.55. The first kappa shape index (κ1) is 25.0. The van der Waals surface area contributed by atoms with Crippen molar-refractivity contribution >= 4 is 16.9 Å². The lowest BCUT2D eigenvalue weighted by atomic mass is 9.52. The Bertz CT molecular complexity index is 1650. The molecule has 8 rings (SSSR count). The Hall–Kier alpha value is -3.97. The molecule has 0 radical (unpaired) electrons. The molecule has 7 heteroatoms. The van der Waals surface area contributed by atoms with Crippen LogP contribution in [-0.2, 0) is 6.42 Å². The number of hydrogen-bond acceptors (Lipinski definition) is 5. The van der Waals surface area contributed by atoms with Crippen molar-refractivity contribution in [3.05, 3.63) is 100.0 Å². The number of nitrogens with one attached hydrogen (secondary N) is 1. The molecule has 0 aliphatic heterocycles. The van der Waals surface area contributed by atoms with Crippen molar-refractivity contribution in [3.8, 4) is 11.4 Å². The van der Waals surface area contributed by atoms with Gasteiger partial charge in [-0.2, -0.15) is 0 Å². The summed E-state index contributed by atoms with van der Waals surface area (Å²) in [5.74, 6) is 1.74. The summed E-state index contributed by atoms with van der Waals surface area (Å²) in [7, 11) is 1.59. The predicted octanol–water partition coefficient (Wildman–Crippen LogP) is 4.65. The van der Waals surface area contributed by atoms with E-state index in [-0.39, 0.29) is 17.4 Å². The first-order chi connectivity index (χ1) is 19.4. The van der Waals surface area contributed by atoms with Crippen LogP contribution in [0.2, 0.25) is 0 Å². The van der Waals surface area contributed by atoms with Gasteiger partial charge in [0, 0.05) is 41.7 Å². The smallest absolute Gasteiger partial charge is 0.251 e. The second-order valence-electron chi connectivity index (χ2n) is 12.0. The minimum absolute atomic E-state index is 0.0669. The van der Waals surface area contributed by atoms with Crippen LogP contribution in [0.1, 0.15) is 53.6 Å². The summed E-state index contributed by atoms with van der Waals surface area (Å²) in [5.41, 5.74) is 2.92. The van der Waals surface area contributed by atoms with E-state index in [9.17, 15) is 14.7 Å². The number of benzene rings is 2. The first-order valence-corrected chi connectivity index (χ1v) is 14.2. The van der Waals surface area contributed by atoms with Crippen LogP contribution >= 0.6 is 0 Å². The van der Waals surface area contributed by atoms with E-state index < -0.39 is 5.60 Å². The number of para-hydroxylation sites is 1. The van der Waals surface area contributed by atoms with Crippen LogP contribution < -0.4 is 15.5 Å². The summed E-state index contributed by atoms with van der Waals surface area (Å²) in [5, 5.41) is 14.8. The van der Waals surface area contributed by atoms with E-state index >= 15 is 0 Å². The zero-order valence-corrected chi connectivity index (χ0v) is 22.5. The summed E-state index contributed by atoms with van der Waals surface area (Å²) in [6, 6.07) is 19.0.